The Balaban J connectivity index is 1.52. The van der Waals surface area contributed by atoms with Crippen LogP contribution in [0.5, 0.6) is 23.0 Å². The summed E-state index contributed by atoms with van der Waals surface area (Å²) in [6.07, 6.45) is 1.39. The Labute approximate surface area is 207 Å². The summed E-state index contributed by atoms with van der Waals surface area (Å²) in [4.78, 5) is 36.5. The molecule has 0 unspecified atom stereocenters. The third kappa shape index (κ3) is 7.07. The molecule has 36 heavy (non-hydrogen) atoms. The maximum Gasteiger partial charge on any atom is 0.343 e. The van der Waals surface area contributed by atoms with Crippen LogP contribution in [0.15, 0.2) is 71.8 Å². The summed E-state index contributed by atoms with van der Waals surface area (Å²) in [5, 5.41) is 6.38. The van der Waals surface area contributed by atoms with Crippen LogP contribution >= 0.6 is 0 Å². The minimum atomic E-state index is -0.554. The molecular formula is C26H25N3O7. The Kier molecular flexibility index (Phi) is 8.99. The second kappa shape index (κ2) is 12.6. The van der Waals surface area contributed by atoms with E-state index < -0.39 is 17.8 Å². The molecular weight excluding hydrogens is 466 g/mol. The van der Waals surface area contributed by atoms with Gasteiger partial charge in [0.2, 0.25) is 0 Å². The van der Waals surface area contributed by atoms with Crippen LogP contribution in [0.25, 0.3) is 0 Å². The normalized spacial score (nSPS) is 10.4. The first-order chi connectivity index (χ1) is 17.4. The van der Waals surface area contributed by atoms with E-state index in [1.54, 1.807) is 66.7 Å². The minimum Gasteiger partial charge on any atom is -0.497 e. The SMILES string of the molecule is COc1ccc(C(=O)NCC(=O)NN=Cc2ccc(OC(=O)c3ccc(OC)cc3)c(OC)c2)cc1. The van der Waals surface area contributed by atoms with Gasteiger partial charge >= 0.3 is 5.97 Å². The van der Waals surface area contributed by atoms with Gasteiger partial charge in [0.05, 0.1) is 39.7 Å². The topological polar surface area (TPSA) is 125 Å². The van der Waals surface area contributed by atoms with Crippen molar-refractivity contribution in [2.45, 2.75) is 0 Å². The van der Waals surface area contributed by atoms with Crippen LogP contribution in [0.2, 0.25) is 0 Å². The molecule has 10 nitrogen and oxygen atoms in total. The Morgan fingerprint density at radius 1 is 0.778 bits per heavy atom. The number of ether oxygens (including phenoxy) is 4. The summed E-state index contributed by atoms with van der Waals surface area (Å²) in [6.45, 7) is -0.258. The minimum absolute atomic E-state index is 0.223. The smallest absolute Gasteiger partial charge is 0.343 e. The van der Waals surface area contributed by atoms with Gasteiger partial charge in [-0.1, -0.05) is 0 Å². The van der Waals surface area contributed by atoms with Crippen molar-refractivity contribution >= 4 is 24.0 Å². The van der Waals surface area contributed by atoms with E-state index in [9.17, 15) is 14.4 Å². The van der Waals surface area contributed by atoms with Crippen LogP contribution in [0, 0.1) is 0 Å². The number of nitrogens with zero attached hydrogens (tertiary/aromatic N) is 1. The lowest BCUT2D eigenvalue weighted by molar-refractivity contribution is -0.120. The molecule has 186 valence electrons. The van der Waals surface area contributed by atoms with Gasteiger partial charge in [0.1, 0.15) is 11.5 Å². The first kappa shape index (κ1) is 25.8. The van der Waals surface area contributed by atoms with Crippen molar-refractivity contribution in [3.63, 3.8) is 0 Å². The van der Waals surface area contributed by atoms with Gasteiger partial charge < -0.3 is 24.3 Å². The number of hydrogen-bond donors (Lipinski definition) is 2. The monoisotopic (exact) mass is 491 g/mol. The van der Waals surface area contributed by atoms with Gasteiger partial charge in [-0.2, -0.15) is 5.10 Å². The van der Waals surface area contributed by atoms with Crippen LogP contribution in [-0.4, -0.2) is 51.9 Å². The molecule has 0 atom stereocenters. The summed E-state index contributed by atoms with van der Waals surface area (Å²) in [5.74, 6) is 0.311. The molecule has 3 aromatic rings. The summed E-state index contributed by atoms with van der Waals surface area (Å²) in [6, 6.07) is 17.8. The van der Waals surface area contributed by atoms with Crippen LogP contribution in [0.3, 0.4) is 0 Å². The standard InChI is InChI=1S/C26H25N3O7/c1-33-20-9-5-18(6-10-20)25(31)27-16-24(30)29-28-15-17-4-13-22(23(14-17)35-3)36-26(32)19-7-11-21(34-2)12-8-19/h4-15H,16H2,1-3H3,(H,27,31)(H,29,30). The molecule has 0 saturated heterocycles. The molecule has 0 aliphatic heterocycles. The van der Waals surface area contributed by atoms with Gasteiger partial charge in [0.25, 0.3) is 11.8 Å². The highest BCUT2D eigenvalue weighted by Gasteiger charge is 2.13. The Morgan fingerprint density at radius 3 is 1.97 bits per heavy atom. The average Bonchev–Trinajstić information content (AvgIpc) is 2.92. The van der Waals surface area contributed by atoms with Gasteiger partial charge in [-0.15, -0.1) is 0 Å². The van der Waals surface area contributed by atoms with Crippen LogP contribution in [0.1, 0.15) is 26.3 Å². The molecule has 0 spiro atoms. The molecule has 0 aliphatic rings. The number of benzene rings is 3. The molecule has 0 aliphatic carbocycles. The first-order valence-electron chi connectivity index (χ1n) is 10.7. The molecule has 3 rings (SSSR count). The van der Waals surface area contributed by atoms with Crippen molar-refractivity contribution in [1.29, 1.82) is 0 Å². The first-order valence-corrected chi connectivity index (χ1v) is 10.7. The molecule has 0 heterocycles. The largest absolute Gasteiger partial charge is 0.497 e. The molecule has 0 radical (unpaired) electrons. The van der Waals surface area contributed by atoms with Gasteiger partial charge in [-0.25, -0.2) is 10.2 Å². The molecule has 3 aromatic carbocycles. The van der Waals surface area contributed by atoms with Crippen molar-refractivity contribution in [3.8, 4) is 23.0 Å². The van der Waals surface area contributed by atoms with Crippen LogP contribution < -0.4 is 29.7 Å². The lowest BCUT2D eigenvalue weighted by Gasteiger charge is -2.10. The zero-order valence-electron chi connectivity index (χ0n) is 19.9. The molecule has 2 N–H and O–H groups in total. The van der Waals surface area contributed by atoms with E-state index in [0.717, 1.165) is 0 Å². The quantitative estimate of drug-likeness (QED) is 0.193. The number of carbonyl (C=O) groups is 3. The van der Waals surface area contributed by atoms with Crippen molar-refractivity contribution in [1.82, 2.24) is 10.7 Å². The second-order valence-electron chi connectivity index (χ2n) is 7.23. The average molecular weight is 492 g/mol. The van der Waals surface area contributed by atoms with Gasteiger partial charge in [-0.3, -0.25) is 9.59 Å². The zero-order chi connectivity index (χ0) is 25.9. The second-order valence-corrected chi connectivity index (χ2v) is 7.23. The maximum absolute atomic E-state index is 12.4. The molecule has 10 heteroatoms. The number of rotatable bonds is 10. The van der Waals surface area contributed by atoms with Gasteiger partial charge in [0, 0.05) is 5.56 Å². The van der Waals surface area contributed by atoms with E-state index in [-0.39, 0.29) is 12.3 Å². The highest BCUT2D eigenvalue weighted by atomic mass is 16.6. The number of esters is 1. The predicted molar refractivity (Wildman–Crippen MR) is 132 cm³/mol. The fourth-order valence-electron chi connectivity index (χ4n) is 2.96. The third-order valence-corrected chi connectivity index (χ3v) is 4.88. The van der Waals surface area contributed by atoms with Crippen molar-refractivity contribution in [2.75, 3.05) is 27.9 Å². The van der Waals surface area contributed by atoms with E-state index in [1.807, 2.05) is 0 Å². The summed E-state index contributed by atoms with van der Waals surface area (Å²) in [7, 11) is 4.51. The molecule has 0 saturated carbocycles. The van der Waals surface area contributed by atoms with Crippen LogP contribution in [-0.2, 0) is 4.79 Å². The molecule has 0 fully saturated rings. The number of nitrogens with one attached hydrogen (secondary N) is 2. The van der Waals surface area contributed by atoms with Crippen molar-refractivity contribution in [3.05, 3.63) is 83.4 Å². The van der Waals surface area contributed by atoms with E-state index in [2.05, 4.69) is 15.8 Å². The fourth-order valence-corrected chi connectivity index (χ4v) is 2.96. The van der Waals surface area contributed by atoms with Gasteiger partial charge in [-0.05, 0) is 72.3 Å². The number of methoxy groups -OCH3 is 3. The maximum atomic E-state index is 12.4. The lowest BCUT2D eigenvalue weighted by Crippen LogP contribution is -2.34. The van der Waals surface area contributed by atoms with E-state index in [0.29, 0.717) is 33.9 Å². The van der Waals surface area contributed by atoms with Crippen molar-refractivity contribution < 1.29 is 33.3 Å². The summed E-state index contributed by atoms with van der Waals surface area (Å²) < 4.78 is 20.9. The highest BCUT2D eigenvalue weighted by molar-refractivity contribution is 5.96. The Bertz CT molecular complexity index is 1240. The predicted octanol–water partition coefficient (Wildman–Crippen LogP) is 2.81. The number of amides is 2. The Hall–Kier alpha value is -4.86. The highest BCUT2D eigenvalue weighted by Crippen LogP contribution is 2.28. The van der Waals surface area contributed by atoms with Crippen molar-refractivity contribution in [2.24, 2.45) is 5.10 Å². The Morgan fingerprint density at radius 2 is 1.39 bits per heavy atom. The van der Waals surface area contributed by atoms with E-state index >= 15 is 0 Å². The summed E-state index contributed by atoms with van der Waals surface area (Å²) >= 11 is 0. The lowest BCUT2D eigenvalue weighted by atomic mass is 10.2. The molecule has 0 bridgehead atoms. The third-order valence-electron chi connectivity index (χ3n) is 4.88. The van der Waals surface area contributed by atoms with Gasteiger partial charge in [0.15, 0.2) is 11.5 Å². The number of carbonyl (C=O) groups excluding carboxylic acids is 3. The number of hydrogen-bond acceptors (Lipinski definition) is 8. The fraction of sp³-hybridized carbons (Fsp3) is 0.154. The van der Waals surface area contributed by atoms with E-state index in [4.69, 9.17) is 18.9 Å². The molecule has 2 amide bonds. The zero-order valence-corrected chi connectivity index (χ0v) is 19.9. The van der Waals surface area contributed by atoms with E-state index in [1.165, 1.54) is 27.5 Å². The number of hydrazone groups is 1. The summed E-state index contributed by atoms with van der Waals surface area (Å²) in [5.41, 5.74) is 3.66. The molecule has 0 aromatic heterocycles. The van der Waals surface area contributed by atoms with Crippen LogP contribution in [0.4, 0.5) is 0 Å².